The van der Waals surface area contributed by atoms with Gasteiger partial charge in [0.15, 0.2) is 0 Å². The number of hydrogen-bond donors (Lipinski definition) is 1. The summed E-state index contributed by atoms with van der Waals surface area (Å²) in [6, 6.07) is 1.14. The number of halogens is 2. The third kappa shape index (κ3) is 3.17. The first-order chi connectivity index (χ1) is 6.74. The second kappa shape index (κ2) is 4.53. The van der Waals surface area contributed by atoms with Crippen LogP contribution in [0.15, 0.2) is 0 Å². The van der Waals surface area contributed by atoms with Crippen molar-refractivity contribution in [3.63, 3.8) is 0 Å². The second-order valence-corrected chi connectivity index (χ2v) is 4.43. The van der Waals surface area contributed by atoms with Crippen molar-refractivity contribution >= 4 is 0 Å². The van der Waals surface area contributed by atoms with E-state index in [0.29, 0.717) is 12.1 Å². The van der Waals surface area contributed by atoms with E-state index in [9.17, 15) is 8.78 Å². The highest BCUT2D eigenvalue weighted by Crippen LogP contribution is 2.22. The van der Waals surface area contributed by atoms with E-state index in [1.807, 2.05) is 4.90 Å². The van der Waals surface area contributed by atoms with E-state index < -0.39 is 6.43 Å². The lowest BCUT2D eigenvalue weighted by atomic mass is 10.1. The Labute approximate surface area is 83.7 Å². The van der Waals surface area contributed by atoms with Gasteiger partial charge in [0.25, 0.3) is 6.43 Å². The topological polar surface area (TPSA) is 15.3 Å². The largest absolute Gasteiger partial charge is 0.310 e. The summed E-state index contributed by atoms with van der Waals surface area (Å²) in [5.74, 6) is 0. The van der Waals surface area contributed by atoms with E-state index in [4.69, 9.17) is 0 Å². The third-order valence-electron chi connectivity index (χ3n) is 2.95. The Bertz CT molecular complexity index is 173. The SMILES string of the molecule is FC(F)CN1CCCC(NC2CC2)C1. The van der Waals surface area contributed by atoms with Gasteiger partial charge in [0, 0.05) is 18.6 Å². The molecule has 2 aliphatic rings. The molecule has 2 nitrogen and oxygen atoms in total. The van der Waals surface area contributed by atoms with Gasteiger partial charge >= 0.3 is 0 Å². The molecule has 0 aromatic carbocycles. The van der Waals surface area contributed by atoms with Crippen molar-refractivity contribution in [2.75, 3.05) is 19.6 Å². The van der Waals surface area contributed by atoms with Gasteiger partial charge in [0.05, 0.1) is 6.54 Å². The number of alkyl halides is 2. The van der Waals surface area contributed by atoms with E-state index >= 15 is 0 Å². The van der Waals surface area contributed by atoms with Crippen molar-refractivity contribution in [1.29, 1.82) is 0 Å². The zero-order valence-electron chi connectivity index (χ0n) is 8.38. The Morgan fingerprint density at radius 3 is 2.64 bits per heavy atom. The van der Waals surface area contributed by atoms with Crippen LogP contribution in [0.5, 0.6) is 0 Å². The van der Waals surface area contributed by atoms with Crippen molar-refractivity contribution in [1.82, 2.24) is 10.2 Å². The lowest BCUT2D eigenvalue weighted by molar-refractivity contribution is 0.0704. The number of hydrogen-bond acceptors (Lipinski definition) is 2. The van der Waals surface area contributed by atoms with E-state index in [2.05, 4.69) is 5.32 Å². The van der Waals surface area contributed by atoms with Crippen LogP contribution in [0.4, 0.5) is 8.78 Å². The van der Waals surface area contributed by atoms with Crippen molar-refractivity contribution in [3.05, 3.63) is 0 Å². The number of nitrogens with zero attached hydrogens (tertiary/aromatic N) is 1. The van der Waals surface area contributed by atoms with Gasteiger partial charge in [-0.15, -0.1) is 0 Å². The Balaban J connectivity index is 1.71. The van der Waals surface area contributed by atoms with Gasteiger partial charge in [0.2, 0.25) is 0 Å². The first kappa shape index (κ1) is 10.3. The van der Waals surface area contributed by atoms with Crippen LogP contribution in [0.2, 0.25) is 0 Å². The summed E-state index contributed by atoms with van der Waals surface area (Å²) in [5.41, 5.74) is 0. The van der Waals surface area contributed by atoms with E-state index in [1.165, 1.54) is 12.8 Å². The standard InChI is InChI=1S/C10H18F2N2/c11-10(12)7-14-5-1-2-9(6-14)13-8-3-4-8/h8-10,13H,1-7H2. The summed E-state index contributed by atoms with van der Waals surface area (Å²) < 4.78 is 24.3. The molecule has 1 heterocycles. The molecule has 1 unspecified atom stereocenters. The van der Waals surface area contributed by atoms with Gasteiger partial charge in [-0.3, -0.25) is 4.90 Å². The first-order valence-corrected chi connectivity index (χ1v) is 5.50. The zero-order valence-corrected chi connectivity index (χ0v) is 8.38. The van der Waals surface area contributed by atoms with Crippen LogP contribution in [-0.2, 0) is 0 Å². The normalized spacial score (nSPS) is 29.8. The number of rotatable bonds is 4. The average molecular weight is 204 g/mol. The third-order valence-corrected chi connectivity index (χ3v) is 2.95. The molecule has 0 radical (unpaired) electrons. The highest BCUT2D eigenvalue weighted by Gasteiger charge is 2.28. The van der Waals surface area contributed by atoms with Crippen LogP contribution in [-0.4, -0.2) is 43.0 Å². The molecular weight excluding hydrogens is 186 g/mol. The van der Waals surface area contributed by atoms with E-state index in [0.717, 1.165) is 25.9 Å². The van der Waals surface area contributed by atoms with Gasteiger partial charge in [-0.05, 0) is 32.2 Å². The summed E-state index contributed by atoms with van der Waals surface area (Å²) in [4.78, 5) is 1.88. The molecule has 2 rings (SSSR count). The Hall–Kier alpha value is -0.220. The number of nitrogens with one attached hydrogen (secondary N) is 1. The van der Waals surface area contributed by atoms with Gasteiger partial charge in [-0.2, -0.15) is 0 Å². The quantitative estimate of drug-likeness (QED) is 0.746. The molecule has 2 fully saturated rings. The fourth-order valence-electron chi connectivity index (χ4n) is 2.14. The van der Waals surface area contributed by atoms with Crippen molar-refractivity contribution in [3.8, 4) is 0 Å². The fraction of sp³-hybridized carbons (Fsp3) is 1.00. The molecular formula is C10H18F2N2. The molecule has 1 saturated carbocycles. The van der Waals surface area contributed by atoms with Crippen LogP contribution in [0.1, 0.15) is 25.7 Å². The zero-order chi connectivity index (χ0) is 9.97. The molecule has 1 N–H and O–H groups in total. The minimum absolute atomic E-state index is 0.0527. The maximum Gasteiger partial charge on any atom is 0.251 e. The minimum Gasteiger partial charge on any atom is -0.310 e. The first-order valence-electron chi connectivity index (χ1n) is 5.50. The fourth-order valence-corrected chi connectivity index (χ4v) is 2.14. The minimum atomic E-state index is -2.19. The highest BCUT2D eigenvalue weighted by molar-refractivity contribution is 4.88. The van der Waals surface area contributed by atoms with Gasteiger partial charge in [-0.25, -0.2) is 8.78 Å². The number of likely N-dealkylation sites (tertiary alicyclic amines) is 1. The maximum absolute atomic E-state index is 12.2. The molecule has 82 valence electrons. The predicted octanol–water partition coefficient (Wildman–Crippen LogP) is 1.47. The summed E-state index contributed by atoms with van der Waals surface area (Å²) in [6.45, 7) is 1.59. The summed E-state index contributed by atoms with van der Waals surface area (Å²) in [5, 5.41) is 3.51. The van der Waals surface area contributed by atoms with Gasteiger partial charge < -0.3 is 5.32 Å². The molecule has 1 atom stereocenters. The maximum atomic E-state index is 12.2. The molecule has 0 aromatic heterocycles. The Morgan fingerprint density at radius 2 is 2.00 bits per heavy atom. The molecule has 0 bridgehead atoms. The molecule has 0 amide bonds. The smallest absolute Gasteiger partial charge is 0.251 e. The van der Waals surface area contributed by atoms with Gasteiger partial charge in [-0.1, -0.05) is 0 Å². The molecule has 14 heavy (non-hydrogen) atoms. The molecule has 1 aliphatic carbocycles. The molecule has 4 heteroatoms. The van der Waals surface area contributed by atoms with Crippen molar-refractivity contribution in [2.45, 2.75) is 44.2 Å². The van der Waals surface area contributed by atoms with Crippen molar-refractivity contribution < 1.29 is 8.78 Å². The average Bonchev–Trinajstić information content (AvgIpc) is 2.87. The predicted molar refractivity (Wildman–Crippen MR) is 51.6 cm³/mol. The summed E-state index contributed by atoms with van der Waals surface area (Å²) in [6.07, 6.45) is 2.55. The summed E-state index contributed by atoms with van der Waals surface area (Å²) in [7, 11) is 0. The van der Waals surface area contributed by atoms with Crippen LogP contribution in [0, 0.1) is 0 Å². The van der Waals surface area contributed by atoms with Crippen LogP contribution in [0.3, 0.4) is 0 Å². The lowest BCUT2D eigenvalue weighted by Crippen LogP contribution is -2.47. The number of piperidine rings is 1. The van der Waals surface area contributed by atoms with Crippen molar-refractivity contribution in [2.24, 2.45) is 0 Å². The molecule has 1 aliphatic heterocycles. The molecule has 0 spiro atoms. The van der Waals surface area contributed by atoms with Crippen LogP contribution < -0.4 is 5.32 Å². The second-order valence-electron chi connectivity index (χ2n) is 4.43. The van der Waals surface area contributed by atoms with E-state index in [-0.39, 0.29) is 6.54 Å². The Morgan fingerprint density at radius 1 is 1.21 bits per heavy atom. The van der Waals surface area contributed by atoms with Crippen LogP contribution in [0.25, 0.3) is 0 Å². The monoisotopic (exact) mass is 204 g/mol. The summed E-state index contributed by atoms with van der Waals surface area (Å²) >= 11 is 0. The molecule has 1 saturated heterocycles. The highest BCUT2D eigenvalue weighted by atomic mass is 19.3. The van der Waals surface area contributed by atoms with Gasteiger partial charge in [0.1, 0.15) is 0 Å². The van der Waals surface area contributed by atoms with Crippen LogP contribution >= 0.6 is 0 Å². The molecule has 0 aromatic rings. The lowest BCUT2D eigenvalue weighted by Gasteiger charge is -2.33. The van der Waals surface area contributed by atoms with E-state index in [1.54, 1.807) is 0 Å². The Kier molecular flexibility index (Phi) is 3.34.